The zero-order valence-corrected chi connectivity index (χ0v) is 10.4. The maximum absolute atomic E-state index is 3.48. The van der Waals surface area contributed by atoms with Crippen molar-refractivity contribution in [3.05, 3.63) is 22.4 Å². The highest BCUT2D eigenvalue weighted by Gasteiger charge is 2.29. The van der Waals surface area contributed by atoms with Crippen LogP contribution < -0.4 is 5.32 Å². The maximum atomic E-state index is 3.48. The van der Waals surface area contributed by atoms with Gasteiger partial charge in [-0.1, -0.05) is 13.0 Å². The van der Waals surface area contributed by atoms with Gasteiger partial charge in [0, 0.05) is 4.88 Å². The van der Waals surface area contributed by atoms with E-state index in [1.165, 1.54) is 32.2 Å². The van der Waals surface area contributed by atoms with Crippen molar-refractivity contribution in [3.63, 3.8) is 0 Å². The number of hydrogen-bond donors (Lipinski definition) is 1. The standard InChI is InChI=1S/C13H21NS/c1-2-14-10-12-6-5-11(12)7-8-13-4-3-9-15-13/h3-4,9,11-12,14H,2,5-8,10H2,1H3. The van der Waals surface area contributed by atoms with Crippen molar-refractivity contribution in [1.29, 1.82) is 0 Å². The lowest BCUT2D eigenvalue weighted by atomic mass is 9.71. The Balaban J connectivity index is 1.67. The van der Waals surface area contributed by atoms with E-state index in [0.29, 0.717) is 0 Å². The first-order valence-electron chi connectivity index (χ1n) is 6.13. The minimum Gasteiger partial charge on any atom is -0.317 e. The first kappa shape index (κ1) is 11.2. The van der Waals surface area contributed by atoms with Gasteiger partial charge in [-0.25, -0.2) is 0 Å². The van der Waals surface area contributed by atoms with Crippen molar-refractivity contribution in [1.82, 2.24) is 5.32 Å². The average Bonchev–Trinajstić information content (AvgIpc) is 2.70. The number of hydrogen-bond acceptors (Lipinski definition) is 2. The summed E-state index contributed by atoms with van der Waals surface area (Å²) in [7, 11) is 0. The summed E-state index contributed by atoms with van der Waals surface area (Å²) >= 11 is 1.90. The van der Waals surface area contributed by atoms with E-state index in [9.17, 15) is 0 Å². The Bertz CT molecular complexity index is 268. The molecular formula is C13H21NS. The molecule has 1 aliphatic rings. The first-order valence-corrected chi connectivity index (χ1v) is 7.01. The normalized spacial score (nSPS) is 25.1. The summed E-state index contributed by atoms with van der Waals surface area (Å²) in [6.45, 7) is 4.55. The smallest absolute Gasteiger partial charge is 0.00453 e. The van der Waals surface area contributed by atoms with Crippen molar-refractivity contribution >= 4 is 11.3 Å². The molecule has 1 fully saturated rings. The quantitative estimate of drug-likeness (QED) is 0.780. The SMILES string of the molecule is CCNCC1CCC1CCc1cccs1. The molecule has 1 N–H and O–H groups in total. The molecule has 15 heavy (non-hydrogen) atoms. The summed E-state index contributed by atoms with van der Waals surface area (Å²) in [5, 5.41) is 5.66. The molecule has 0 spiro atoms. The van der Waals surface area contributed by atoms with E-state index in [0.717, 1.165) is 18.4 Å². The van der Waals surface area contributed by atoms with E-state index in [4.69, 9.17) is 0 Å². The number of rotatable bonds is 6. The number of nitrogens with one attached hydrogen (secondary N) is 1. The maximum Gasteiger partial charge on any atom is 0.00453 e. The van der Waals surface area contributed by atoms with E-state index in [2.05, 4.69) is 29.8 Å². The van der Waals surface area contributed by atoms with Crippen LogP contribution in [0.2, 0.25) is 0 Å². The molecular weight excluding hydrogens is 202 g/mol. The van der Waals surface area contributed by atoms with Crippen LogP contribution in [-0.4, -0.2) is 13.1 Å². The zero-order chi connectivity index (χ0) is 10.5. The van der Waals surface area contributed by atoms with Crippen molar-refractivity contribution in [2.24, 2.45) is 11.8 Å². The molecule has 0 bridgehead atoms. The van der Waals surface area contributed by atoms with Gasteiger partial charge in [-0.05, 0) is 62.1 Å². The average molecular weight is 223 g/mol. The Hall–Kier alpha value is -0.340. The first-order chi connectivity index (χ1) is 7.40. The highest BCUT2D eigenvalue weighted by Crippen LogP contribution is 2.37. The lowest BCUT2D eigenvalue weighted by molar-refractivity contribution is 0.161. The van der Waals surface area contributed by atoms with Gasteiger partial charge in [-0.3, -0.25) is 0 Å². The van der Waals surface area contributed by atoms with Crippen molar-refractivity contribution < 1.29 is 0 Å². The Kier molecular flexibility index (Phi) is 4.21. The summed E-state index contributed by atoms with van der Waals surface area (Å²) in [6.07, 6.45) is 5.60. The van der Waals surface area contributed by atoms with Crippen LogP contribution in [0.1, 0.15) is 31.1 Å². The fourth-order valence-corrected chi connectivity index (χ4v) is 3.12. The van der Waals surface area contributed by atoms with Gasteiger partial charge in [-0.15, -0.1) is 11.3 Å². The molecule has 2 atom stereocenters. The Morgan fingerprint density at radius 3 is 2.87 bits per heavy atom. The summed E-state index contributed by atoms with van der Waals surface area (Å²) < 4.78 is 0. The second-order valence-corrected chi connectivity index (χ2v) is 5.56. The Labute approximate surface area is 96.9 Å². The van der Waals surface area contributed by atoms with E-state index in [-0.39, 0.29) is 0 Å². The summed E-state index contributed by atoms with van der Waals surface area (Å²) in [5.41, 5.74) is 0. The van der Waals surface area contributed by atoms with Crippen molar-refractivity contribution in [2.75, 3.05) is 13.1 Å². The van der Waals surface area contributed by atoms with Crippen molar-refractivity contribution in [3.8, 4) is 0 Å². The molecule has 0 aliphatic heterocycles. The predicted molar refractivity (Wildman–Crippen MR) is 67.4 cm³/mol. The third kappa shape index (κ3) is 3.05. The third-order valence-corrected chi connectivity index (χ3v) is 4.51. The molecule has 0 radical (unpaired) electrons. The third-order valence-electron chi connectivity index (χ3n) is 3.57. The van der Waals surface area contributed by atoms with Gasteiger partial charge in [-0.2, -0.15) is 0 Å². The van der Waals surface area contributed by atoms with Gasteiger partial charge in [0.15, 0.2) is 0 Å². The van der Waals surface area contributed by atoms with Crippen molar-refractivity contribution in [2.45, 2.75) is 32.6 Å². The Morgan fingerprint density at radius 2 is 2.27 bits per heavy atom. The number of aryl methyl sites for hydroxylation is 1. The van der Waals surface area contributed by atoms with Gasteiger partial charge < -0.3 is 5.32 Å². The van der Waals surface area contributed by atoms with Gasteiger partial charge in [0.2, 0.25) is 0 Å². The van der Waals surface area contributed by atoms with E-state index < -0.39 is 0 Å². The van der Waals surface area contributed by atoms with Gasteiger partial charge in [0.1, 0.15) is 0 Å². The van der Waals surface area contributed by atoms with Crippen LogP contribution in [0.15, 0.2) is 17.5 Å². The Morgan fingerprint density at radius 1 is 1.40 bits per heavy atom. The topological polar surface area (TPSA) is 12.0 Å². The van der Waals surface area contributed by atoms with E-state index in [1.807, 2.05) is 11.3 Å². The monoisotopic (exact) mass is 223 g/mol. The second-order valence-electron chi connectivity index (χ2n) is 4.52. The van der Waals surface area contributed by atoms with Crippen LogP contribution in [0.25, 0.3) is 0 Å². The highest BCUT2D eigenvalue weighted by molar-refractivity contribution is 7.09. The largest absolute Gasteiger partial charge is 0.317 e. The minimum atomic E-state index is 0.963. The summed E-state index contributed by atoms with van der Waals surface area (Å²) in [4.78, 5) is 1.56. The summed E-state index contributed by atoms with van der Waals surface area (Å²) in [6, 6.07) is 4.43. The van der Waals surface area contributed by atoms with Crippen LogP contribution in [0, 0.1) is 11.8 Å². The van der Waals surface area contributed by atoms with Crippen LogP contribution in [0.5, 0.6) is 0 Å². The molecule has 0 amide bonds. The van der Waals surface area contributed by atoms with E-state index >= 15 is 0 Å². The van der Waals surface area contributed by atoms with Crippen LogP contribution >= 0.6 is 11.3 Å². The van der Waals surface area contributed by atoms with E-state index in [1.54, 1.807) is 4.88 Å². The summed E-state index contributed by atoms with van der Waals surface area (Å²) in [5.74, 6) is 1.95. The fraction of sp³-hybridized carbons (Fsp3) is 0.692. The van der Waals surface area contributed by atoms with Gasteiger partial charge >= 0.3 is 0 Å². The molecule has 2 rings (SSSR count). The number of thiophene rings is 1. The molecule has 84 valence electrons. The molecule has 1 aromatic heterocycles. The molecule has 1 aromatic rings. The molecule has 2 unspecified atom stereocenters. The van der Waals surface area contributed by atoms with Crippen LogP contribution in [0.4, 0.5) is 0 Å². The second kappa shape index (κ2) is 5.66. The lowest BCUT2D eigenvalue weighted by Crippen LogP contribution is -2.35. The van der Waals surface area contributed by atoms with Crippen LogP contribution in [0.3, 0.4) is 0 Å². The molecule has 2 heteroatoms. The fourth-order valence-electron chi connectivity index (χ4n) is 2.40. The lowest BCUT2D eigenvalue weighted by Gasteiger charge is -2.37. The zero-order valence-electron chi connectivity index (χ0n) is 9.54. The van der Waals surface area contributed by atoms with Gasteiger partial charge in [0.25, 0.3) is 0 Å². The predicted octanol–water partition coefficient (Wildman–Crippen LogP) is 3.32. The molecule has 1 aliphatic carbocycles. The molecule has 1 heterocycles. The molecule has 1 saturated carbocycles. The molecule has 0 saturated heterocycles. The van der Waals surface area contributed by atoms with Crippen LogP contribution in [-0.2, 0) is 6.42 Å². The molecule has 1 nitrogen and oxygen atoms in total. The minimum absolute atomic E-state index is 0.963. The highest BCUT2D eigenvalue weighted by atomic mass is 32.1. The van der Waals surface area contributed by atoms with Gasteiger partial charge in [0.05, 0.1) is 0 Å². The molecule has 0 aromatic carbocycles.